The molecule has 0 fully saturated rings. The van der Waals surface area contributed by atoms with Crippen molar-refractivity contribution < 1.29 is 9.47 Å². The zero-order valence-electron chi connectivity index (χ0n) is 13.1. The Morgan fingerprint density at radius 3 is 2.50 bits per heavy atom. The second-order valence-corrected chi connectivity index (χ2v) is 10.3. The highest BCUT2D eigenvalue weighted by Crippen LogP contribution is 2.37. The summed E-state index contributed by atoms with van der Waals surface area (Å²) in [6.45, 7) is 13.3. The van der Waals surface area contributed by atoms with Crippen molar-refractivity contribution in [1.29, 1.82) is 0 Å². The van der Waals surface area contributed by atoms with Crippen LogP contribution in [0.2, 0.25) is 13.1 Å². The molecule has 0 spiro atoms. The van der Waals surface area contributed by atoms with Crippen LogP contribution in [0.4, 0.5) is 0 Å². The van der Waals surface area contributed by atoms with Crippen molar-refractivity contribution in [2.75, 3.05) is 6.79 Å². The molecule has 0 unspecified atom stereocenters. The Balaban J connectivity index is 2.10. The van der Waals surface area contributed by atoms with Crippen molar-refractivity contribution in [3.05, 3.63) is 66.7 Å². The lowest BCUT2D eigenvalue weighted by molar-refractivity contribution is 0.174. The third-order valence-electron chi connectivity index (χ3n) is 4.33. The SMILES string of the molecule is C=Cc1c([Si](C)(C)C(=C)c2ccccc2)ccc2c1OCO2. The van der Waals surface area contributed by atoms with E-state index in [0.717, 1.165) is 17.1 Å². The van der Waals surface area contributed by atoms with Gasteiger partial charge in [-0.2, -0.15) is 0 Å². The molecule has 0 aliphatic carbocycles. The van der Waals surface area contributed by atoms with Crippen LogP contribution in [0.15, 0.2) is 55.6 Å². The van der Waals surface area contributed by atoms with Gasteiger partial charge in [-0.15, -0.1) is 0 Å². The number of rotatable bonds is 4. The molecule has 0 bridgehead atoms. The molecule has 0 aromatic heterocycles. The maximum atomic E-state index is 5.64. The average Bonchev–Trinajstić information content (AvgIpc) is 3.02. The Morgan fingerprint density at radius 1 is 1.09 bits per heavy atom. The normalized spacial score (nSPS) is 13.0. The van der Waals surface area contributed by atoms with E-state index in [0.29, 0.717) is 0 Å². The summed E-state index contributed by atoms with van der Waals surface area (Å²) in [6, 6.07) is 14.5. The van der Waals surface area contributed by atoms with E-state index in [1.807, 2.05) is 18.2 Å². The quantitative estimate of drug-likeness (QED) is 0.787. The van der Waals surface area contributed by atoms with E-state index < -0.39 is 8.07 Å². The number of fused-ring (bicyclic) bond motifs is 1. The van der Waals surface area contributed by atoms with E-state index in [1.165, 1.54) is 15.9 Å². The minimum absolute atomic E-state index is 0.279. The van der Waals surface area contributed by atoms with Crippen LogP contribution in [0.25, 0.3) is 11.3 Å². The van der Waals surface area contributed by atoms with Crippen molar-refractivity contribution in [2.45, 2.75) is 13.1 Å². The Morgan fingerprint density at radius 2 is 1.82 bits per heavy atom. The van der Waals surface area contributed by atoms with Crippen LogP contribution < -0.4 is 14.7 Å². The van der Waals surface area contributed by atoms with E-state index in [9.17, 15) is 0 Å². The Hall–Kier alpha value is -2.26. The molecule has 0 saturated carbocycles. The van der Waals surface area contributed by atoms with Crippen LogP contribution in [-0.4, -0.2) is 14.9 Å². The lowest BCUT2D eigenvalue weighted by Crippen LogP contribution is -2.44. The largest absolute Gasteiger partial charge is 0.454 e. The van der Waals surface area contributed by atoms with Crippen LogP contribution in [-0.2, 0) is 0 Å². The molecule has 112 valence electrons. The second kappa shape index (κ2) is 5.50. The fraction of sp³-hybridized carbons (Fsp3) is 0.158. The third-order valence-corrected chi connectivity index (χ3v) is 7.91. The van der Waals surface area contributed by atoms with Crippen LogP contribution in [0, 0.1) is 0 Å². The highest BCUT2D eigenvalue weighted by Gasteiger charge is 2.32. The summed E-state index contributed by atoms with van der Waals surface area (Å²) in [5, 5.41) is 2.48. The smallest absolute Gasteiger partial charge is 0.231 e. The van der Waals surface area contributed by atoms with Gasteiger partial charge in [-0.1, -0.05) is 73.9 Å². The van der Waals surface area contributed by atoms with Crippen molar-refractivity contribution >= 4 is 24.5 Å². The van der Waals surface area contributed by atoms with Gasteiger partial charge in [0.1, 0.15) is 8.07 Å². The predicted molar refractivity (Wildman–Crippen MR) is 95.2 cm³/mol. The number of hydrogen-bond donors (Lipinski definition) is 0. The van der Waals surface area contributed by atoms with Gasteiger partial charge < -0.3 is 9.47 Å². The van der Waals surface area contributed by atoms with E-state index in [2.05, 4.69) is 56.6 Å². The molecular formula is C19H20O2Si. The van der Waals surface area contributed by atoms with Gasteiger partial charge in [0.15, 0.2) is 11.5 Å². The molecule has 0 saturated heterocycles. The molecule has 2 nitrogen and oxygen atoms in total. The Labute approximate surface area is 132 Å². The zero-order chi connectivity index (χ0) is 15.7. The minimum Gasteiger partial charge on any atom is -0.454 e. The molecule has 0 atom stereocenters. The van der Waals surface area contributed by atoms with E-state index in [-0.39, 0.29) is 6.79 Å². The molecule has 0 amide bonds. The summed E-state index contributed by atoms with van der Waals surface area (Å²) in [4.78, 5) is 0. The Kier molecular flexibility index (Phi) is 3.67. The van der Waals surface area contributed by atoms with E-state index in [1.54, 1.807) is 0 Å². The number of hydrogen-bond acceptors (Lipinski definition) is 2. The van der Waals surface area contributed by atoms with Gasteiger partial charge in [-0.25, -0.2) is 0 Å². The molecule has 1 aliphatic rings. The van der Waals surface area contributed by atoms with Crippen LogP contribution in [0.1, 0.15) is 11.1 Å². The third kappa shape index (κ3) is 2.27. The lowest BCUT2D eigenvalue weighted by Gasteiger charge is -2.28. The van der Waals surface area contributed by atoms with Crippen LogP contribution in [0.3, 0.4) is 0 Å². The fourth-order valence-electron chi connectivity index (χ4n) is 2.90. The van der Waals surface area contributed by atoms with Crippen molar-refractivity contribution in [3.8, 4) is 11.5 Å². The average molecular weight is 308 g/mol. The molecule has 2 aromatic rings. The van der Waals surface area contributed by atoms with E-state index in [4.69, 9.17) is 9.47 Å². The van der Waals surface area contributed by atoms with Gasteiger partial charge in [-0.3, -0.25) is 0 Å². The van der Waals surface area contributed by atoms with Gasteiger partial charge in [0.05, 0.1) is 0 Å². The van der Waals surface area contributed by atoms with Gasteiger partial charge in [0.2, 0.25) is 6.79 Å². The van der Waals surface area contributed by atoms with Crippen molar-refractivity contribution in [1.82, 2.24) is 0 Å². The lowest BCUT2D eigenvalue weighted by atomic mass is 10.2. The molecule has 1 aliphatic heterocycles. The first-order chi connectivity index (χ1) is 10.6. The maximum Gasteiger partial charge on any atom is 0.231 e. The molecule has 3 rings (SSSR count). The Bertz CT molecular complexity index is 733. The summed E-state index contributed by atoms with van der Waals surface area (Å²) < 4.78 is 11.1. The first kappa shape index (κ1) is 14.7. The topological polar surface area (TPSA) is 18.5 Å². The molecule has 22 heavy (non-hydrogen) atoms. The summed E-state index contributed by atoms with van der Waals surface area (Å²) >= 11 is 0. The standard InChI is InChI=1S/C19H20O2Si/c1-5-16-18(12-11-17-19(16)21-13-20-17)22(3,4)14(2)15-9-7-6-8-10-15/h5-12H,1-2,13H2,3-4H3. The highest BCUT2D eigenvalue weighted by molar-refractivity contribution is 7.04. The van der Waals surface area contributed by atoms with Crippen molar-refractivity contribution in [3.63, 3.8) is 0 Å². The monoisotopic (exact) mass is 308 g/mol. The second-order valence-electron chi connectivity index (χ2n) is 5.93. The molecule has 0 radical (unpaired) electrons. The highest BCUT2D eigenvalue weighted by atomic mass is 28.3. The summed E-state index contributed by atoms with van der Waals surface area (Å²) in [5.41, 5.74) is 2.25. The van der Waals surface area contributed by atoms with Crippen LogP contribution >= 0.6 is 0 Å². The minimum atomic E-state index is -1.93. The zero-order valence-corrected chi connectivity index (χ0v) is 14.1. The van der Waals surface area contributed by atoms with Gasteiger partial charge in [-0.05, 0) is 16.8 Å². The molecule has 2 aromatic carbocycles. The number of ether oxygens (including phenoxy) is 2. The maximum absolute atomic E-state index is 5.64. The summed E-state index contributed by atoms with van der Waals surface area (Å²) in [7, 11) is -1.93. The van der Waals surface area contributed by atoms with Gasteiger partial charge >= 0.3 is 0 Å². The molecule has 3 heteroatoms. The molecular weight excluding hydrogens is 288 g/mol. The van der Waals surface area contributed by atoms with Crippen LogP contribution in [0.5, 0.6) is 11.5 Å². The van der Waals surface area contributed by atoms with Gasteiger partial charge in [0.25, 0.3) is 0 Å². The van der Waals surface area contributed by atoms with Crippen molar-refractivity contribution in [2.24, 2.45) is 0 Å². The summed E-state index contributed by atoms with van der Waals surface area (Å²) in [6.07, 6.45) is 1.87. The van der Waals surface area contributed by atoms with E-state index >= 15 is 0 Å². The first-order valence-corrected chi connectivity index (χ1v) is 10.4. The summed E-state index contributed by atoms with van der Waals surface area (Å²) in [5.74, 6) is 1.61. The first-order valence-electron chi connectivity index (χ1n) is 7.36. The number of benzene rings is 2. The molecule has 1 heterocycles. The molecule has 0 N–H and O–H groups in total. The van der Waals surface area contributed by atoms with Gasteiger partial charge in [0, 0.05) is 5.56 Å². The fourth-order valence-corrected chi connectivity index (χ4v) is 5.51. The predicted octanol–water partition coefficient (Wildman–Crippen LogP) is 4.23.